The molecule has 54 heavy (non-hydrogen) atoms. The Hall–Kier alpha value is -5.49. The van der Waals surface area contributed by atoms with E-state index in [0.29, 0.717) is 11.4 Å². The van der Waals surface area contributed by atoms with E-state index in [1.54, 1.807) is 27.7 Å². The molecule has 0 fully saturated rings. The minimum atomic E-state index is -1.65. The van der Waals surface area contributed by atoms with Gasteiger partial charge in [-0.05, 0) is 83.1 Å². The van der Waals surface area contributed by atoms with Gasteiger partial charge >= 0.3 is 12.1 Å². The van der Waals surface area contributed by atoms with E-state index in [2.05, 4.69) is 51.8 Å². The maximum absolute atomic E-state index is 13.9. The van der Waals surface area contributed by atoms with Gasteiger partial charge in [-0.1, -0.05) is 0 Å². The molecule has 8 N–H and O–H groups in total. The van der Waals surface area contributed by atoms with Crippen LogP contribution in [-0.2, 0) is 51.1 Å². The largest absolute Gasteiger partial charge is 0.464 e. The summed E-state index contributed by atoms with van der Waals surface area (Å²) in [6.45, 7) is 18.2. The lowest BCUT2D eigenvalue weighted by molar-refractivity contribution is -0.152. The van der Waals surface area contributed by atoms with Gasteiger partial charge in [-0.3, -0.25) is 24.0 Å². The molecule has 2 aromatic rings. The molecule has 2 atom stereocenters. The van der Waals surface area contributed by atoms with E-state index in [4.69, 9.17) is 9.47 Å². The van der Waals surface area contributed by atoms with Gasteiger partial charge in [0.1, 0.15) is 39.8 Å². The minimum absolute atomic E-state index is 0.0480. The fourth-order valence-corrected chi connectivity index (χ4v) is 4.63. The number of hydrogen-bond acceptors (Lipinski definition) is 11. The third-order valence-corrected chi connectivity index (χ3v) is 7.80. The van der Waals surface area contributed by atoms with E-state index in [-0.39, 0.29) is 19.4 Å². The molecule has 0 unspecified atom stereocenters. The summed E-state index contributed by atoms with van der Waals surface area (Å²) in [4.78, 5) is 106. The number of H-pyrrole nitrogens is 2. The van der Waals surface area contributed by atoms with E-state index in [1.807, 2.05) is 0 Å². The van der Waals surface area contributed by atoms with Crippen LogP contribution in [0.4, 0.5) is 4.79 Å². The number of aromatic amines is 2. The zero-order chi connectivity index (χ0) is 41.3. The standard InChI is InChI=1S/C35H56N10O9/c1-13-53-29(51)35(11,12)42-25(47)23(15-21-17-37-19-39-21)40-24(46)22(14-20-16-36-18-38-20)41-26(48)32(5,6)43-27(49)33(7,8)44-28(50)34(9,10)45-30(52)54-31(2,3)4/h16-19,22-23H,13-15H2,1-12H3,(H,36,38)(H,37,39)(H,40,46)(H,41,48)(H,42,47)(H,43,49)(H,44,50)(H,45,52)/t22-,23-/m0/s1. The summed E-state index contributed by atoms with van der Waals surface area (Å²) in [5.74, 6) is -4.37. The first-order chi connectivity index (χ1) is 24.7. The van der Waals surface area contributed by atoms with Crippen LogP contribution in [0.15, 0.2) is 25.0 Å². The number of alkyl carbamates (subject to hydrolysis) is 1. The van der Waals surface area contributed by atoms with Crippen molar-refractivity contribution in [3.05, 3.63) is 36.4 Å². The molecule has 0 aliphatic heterocycles. The van der Waals surface area contributed by atoms with Crippen molar-refractivity contribution in [3.8, 4) is 0 Å². The lowest BCUT2D eigenvalue weighted by Crippen LogP contribution is -2.67. The van der Waals surface area contributed by atoms with E-state index >= 15 is 0 Å². The minimum Gasteiger partial charge on any atom is -0.464 e. The van der Waals surface area contributed by atoms with Crippen molar-refractivity contribution >= 4 is 41.6 Å². The fourth-order valence-electron chi connectivity index (χ4n) is 4.63. The summed E-state index contributed by atoms with van der Waals surface area (Å²) in [6.07, 6.45) is 4.76. The van der Waals surface area contributed by atoms with Gasteiger partial charge in [0.2, 0.25) is 29.5 Å². The summed E-state index contributed by atoms with van der Waals surface area (Å²) < 4.78 is 10.3. The number of rotatable bonds is 17. The Labute approximate surface area is 315 Å². The zero-order valence-corrected chi connectivity index (χ0v) is 33.2. The predicted octanol–water partition coefficient (Wildman–Crippen LogP) is 0.438. The first kappa shape index (κ1) is 44.7. The molecule has 0 aliphatic rings. The lowest BCUT2D eigenvalue weighted by atomic mass is 9.96. The topological polar surface area (TPSA) is 267 Å². The van der Waals surface area contributed by atoms with Gasteiger partial charge in [0.05, 0.1) is 19.3 Å². The first-order valence-electron chi connectivity index (χ1n) is 17.4. The number of aromatic nitrogens is 4. The van der Waals surface area contributed by atoms with Crippen LogP contribution in [-0.4, -0.2) is 108 Å². The lowest BCUT2D eigenvalue weighted by Gasteiger charge is -2.35. The highest BCUT2D eigenvalue weighted by Gasteiger charge is 2.42. The molecule has 0 saturated carbocycles. The number of ether oxygens (including phenoxy) is 2. The highest BCUT2D eigenvalue weighted by atomic mass is 16.6. The molecular weight excluding hydrogens is 704 g/mol. The van der Waals surface area contributed by atoms with E-state index in [9.17, 15) is 33.6 Å². The molecule has 0 saturated heterocycles. The second-order valence-electron chi connectivity index (χ2n) is 15.9. The normalized spacial score (nSPS) is 13.4. The summed E-state index contributed by atoms with van der Waals surface area (Å²) in [7, 11) is 0. The Bertz CT molecular complexity index is 1640. The van der Waals surface area contributed by atoms with Gasteiger partial charge in [0.25, 0.3) is 0 Å². The van der Waals surface area contributed by atoms with Crippen LogP contribution in [0.5, 0.6) is 0 Å². The van der Waals surface area contributed by atoms with Crippen molar-refractivity contribution in [2.75, 3.05) is 6.61 Å². The van der Waals surface area contributed by atoms with Gasteiger partial charge < -0.3 is 51.3 Å². The van der Waals surface area contributed by atoms with Crippen LogP contribution in [0, 0.1) is 0 Å². The first-order valence-corrected chi connectivity index (χ1v) is 17.4. The van der Waals surface area contributed by atoms with Crippen molar-refractivity contribution in [3.63, 3.8) is 0 Å². The number of nitrogens with zero attached hydrogens (tertiary/aromatic N) is 2. The maximum atomic E-state index is 13.9. The van der Waals surface area contributed by atoms with Crippen molar-refractivity contribution in [2.24, 2.45) is 0 Å². The van der Waals surface area contributed by atoms with Crippen LogP contribution >= 0.6 is 0 Å². The molecule has 0 bridgehead atoms. The van der Waals surface area contributed by atoms with E-state index < -0.39 is 81.4 Å². The average Bonchev–Trinajstić information content (AvgIpc) is 3.73. The molecule has 2 heterocycles. The summed E-state index contributed by atoms with van der Waals surface area (Å²) in [5.41, 5.74) is -5.99. The van der Waals surface area contributed by atoms with Crippen LogP contribution < -0.4 is 31.9 Å². The number of carbonyl (C=O) groups excluding carboxylic acids is 7. The Morgan fingerprint density at radius 2 is 1.06 bits per heavy atom. The number of esters is 1. The predicted molar refractivity (Wildman–Crippen MR) is 195 cm³/mol. The third kappa shape index (κ3) is 13.5. The SMILES string of the molecule is CCOC(=O)C(C)(C)NC(=O)[C@H](Cc1cnc[nH]1)NC(=O)[C@H](Cc1cnc[nH]1)NC(=O)C(C)(C)NC(=O)C(C)(C)NC(=O)C(C)(C)NC(=O)OC(C)(C)C. The second kappa shape index (κ2) is 17.6. The molecule has 2 aromatic heterocycles. The van der Waals surface area contributed by atoms with Gasteiger partial charge in [-0.25, -0.2) is 19.6 Å². The van der Waals surface area contributed by atoms with Crippen molar-refractivity contribution in [2.45, 2.75) is 136 Å². The van der Waals surface area contributed by atoms with E-state index in [1.165, 1.54) is 80.4 Å². The molecule has 2 rings (SSSR count). The molecule has 6 amide bonds. The smallest absolute Gasteiger partial charge is 0.408 e. The number of imidazole rings is 2. The van der Waals surface area contributed by atoms with Crippen LogP contribution in [0.2, 0.25) is 0 Å². The van der Waals surface area contributed by atoms with E-state index in [0.717, 1.165) is 0 Å². The molecular formula is C35H56N10O9. The maximum Gasteiger partial charge on any atom is 0.408 e. The molecule has 0 aromatic carbocycles. The highest BCUT2D eigenvalue weighted by Crippen LogP contribution is 2.15. The number of carbonyl (C=O) groups is 7. The number of amides is 6. The van der Waals surface area contributed by atoms with Crippen molar-refractivity contribution < 1.29 is 43.0 Å². The van der Waals surface area contributed by atoms with Gasteiger partial charge in [-0.2, -0.15) is 0 Å². The molecule has 300 valence electrons. The van der Waals surface area contributed by atoms with Crippen LogP contribution in [0.1, 0.15) is 94.5 Å². The third-order valence-electron chi connectivity index (χ3n) is 7.80. The average molecular weight is 761 g/mol. The summed E-state index contributed by atoms with van der Waals surface area (Å²) in [6, 6.07) is -2.53. The molecule has 19 nitrogen and oxygen atoms in total. The Morgan fingerprint density at radius 1 is 0.611 bits per heavy atom. The highest BCUT2D eigenvalue weighted by molar-refractivity contribution is 5.99. The summed E-state index contributed by atoms with van der Waals surface area (Å²) in [5, 5.41) is 15.6. The molecule has 19 heteroatoms. The molecule has 0 aliphatic carbocycles. The van der Waals surface area contributed by atoms with Gasteiger partial charge in [0.15, 0.2) is 0 Å². The zero-order valence-electron chi connectivity index (χ0n) is 33.2. The molecule has 0 radical (unpaired) electrons. The summed E-state index contributed by atoms with van der Waals surface area (Å²) >= 11 is 0. The fraction of sp³-hybridized carbons (Fsp3) is 0.629. The van der Waals surface area contributed by atoms with Gasteiger partial charge in [0, 0.05) is 36.6 Å². The van der Waals surface area contributed by atoms with Gasteiger partial charge in [-0.15, -0.1) is 0 Å². The quantitative estimate of drug-likeness (QED) is 0.103. The van der Waals surface area contributed by atoms with Crippen molar-refractivity contribution in [1.82, 2.24) is 51.8 Å². The van der Waals surface area contributed by atoms with Crippen molar-refractivity contribution in [1.29, 1.82) is 0 Å². The molecule has 0 spiro atoms. The Morgan fingerprint density at radius 3 is 1.48 bits per heavy atom. The monoisotopic (exact) mass is 760 g/mol. The number of nitrogens with one attached hydrogen (secondary N) is 8. The Balaban J connectivity index is 2.26. The van der Waals surface area contributed by atoms with Crippen LogP contribution in [0.25, 0.3) is 0 Å². The van der Waals surface area contributed by atoms with Crippen LogP contribution in [0.3, 0.4) is 0 Å². The second-order valence-corrected chi connectivity index (χ2v) is 15.9. The Kier molecular flexibility index (Phi) is 14.5. The number of hydrogen-bond donors (Lipinski definition) is 8.